The Morgan fingerprint density at radius 3 is 2.88 bits per heavy atom. The number of nitrogens with one attached hydrogen (secondary N) is 1. The Balaban J connectivity index is 1.99. The lowest BCUT2D eigenvalue weighted by atomic mass is 10.2. The molecule has 0 spiro atoms. The molecule has 0 aliphatic carbocycles. The van der Waals surface area contributed by atoms with Crippen molar-refractivity contribution in [1.82, 2.24) is 9.97 Å². The highest BCUT2D eigenvalue weighted by molar-refractivity contribution is 7.98. The normalized spacial score (nSPS) is 10.6. The zero-order chi connectivity index (χ0) is 11.4. The highest BCUT2D eigenvalue weighted by Gasteiger charge is 2.02. The van der Waals surface area contributed by atoms with Gasteiger partial charge in [-0.25, -0.2) is 4.98 Å². The van der Waals surface area contributed by atoms with Gasteiger partial charge in [-0.05, 0) is 18.6 Å². The summed E-state index contributed by atoms with van der Waals surface area (Å²) in [5.74, 6) is 1.83. The Kier molecular flexibility index (Phi) is 3.64. The van der Waals surface area contributed by atoms with Crippen molar-refractivity contribution in [3.05, 3.63) is 47.5 Å². The van der Waals surface area contributed by atoms with Gasteiger partial charge in [0.1, 0.15) is 5.82 Å². The number of nitrogens with two attached hydrogens (primary N) is 1. The minimum Gasteiger partial charge on any atom is -0.344 e. The van der Waals surface area contributed by atoms with Gasteiger partial charge in [-0.15, -0.1) is 11.8 Å². The van der Waals surface area contributed by atoms with Crippen LogP contribution in [0.4, 0.5) is 0 Å². The van der Waals surface area contributed by atoms with E-state index in [-0.39, 0.29) is 0 Å². The van der Waals surface area contributed by atoms with Crippen LogP contribution in [0.2, 0.25) is 0 Å². The van der Waals surface area contributed by atoms with Crippen LogP contribution in [0.3, 0.4) is 0 Å². The zero-order valence-corrected chi connectivity index (χ0v) is 10.1. The van der Waals surface area contributed by atoms with E-state index in [4.69, 9.17) is 5.73 Å². The summed E-state index contributed by atoms with van der Waals surface area (Å²) in [6, 6.07) is 8.37. The third kappa shape index (κ3) is 2.65. The van der Waals surface area contributed by atoms with Gasteiger partial charge >= 0.3 is 0 Å². The molecule has 0 radical (unpaired) electrons. The van der Waals surface area contributed by atoms with E-state index in [2.05, 4.69) is 41.2 Å². The lowest BCUT2D eigenvalue weighted by Crippen LogP contribution is -1.96. The summed E-state index contributed by atoms with van der Waals surface area (Å²) in [7, 11) is 0. The van der Waals surface area contributed by atoms with Crippen LogP contribution in [0, 0.1) is 6.92 Å². The second-order valence-corrected chi connectivity index (χ2v) is 4.63. The van der Waals surface area contributed by atoms with E-state index in [1.807, 2.05) is 0 Å². The maximum absolute atomic E-state index is 5.52. The minimum atomic E-state index is 0.516. The number of nitrogens with zero attached hydrogens (tertiary/aromatic N) is 1. The van der Waals surface area contributed by atoms with Gasteiger partial charge in [0.15, 0.2) is 0 Å². The molecule has 4 heteroatoms. The first-order chi connectivity index (χ1) is 7.79. The van der Waals surface area contributed by atoms with Crippen LogP contribution >= 0.6 is 11.8 Å². The van der Waals surface area contributed by atoms with Crippen molar-refractivity contribution < 1.29 is 0 Å². The summed E-state index contributed by atoms with van der Waals surface area (Å²) in [5.41, 5.74) is 7.81. The van der Waals surface area contributed by atoms with Gasteiger partial charge in [-0.3, -0.25) is 0 Å². The number of hydrogen-bond donors (Lipinski definition) is 2. The Bertz CT molecular complexity index is 465. The Labute approximate surface area is 99.5 Å². The van der Waals surface area contributed by atoms with Crippen molar-refractivity contribution in [2.24, 2.45) is 5.73 Å². The number of aromatic nitrogens is 2. The molecule has 2 rings (SSSR count). The molecule has 0 aliphatic heterocycles. The van der Waals surface area contributed by atoms with E-state index < -0.39 is 0 Å². The first-order valence-electron chi connectivity index (χ1n) is 5.21. The van der Waals surface area contributed by atoms with Crippen molar-refractivity contribution in [3.8, 4) is 0 Å². The fourth-order valence-corrected chi connectivity index (χ4v) is 2.36. The molecule has 84 valence electrons. The molecule has 16 heavy (non-hydrogen) atoms. The summed E-state index contributed by atoms with van der Waals surface area (Å²) in [5, 5.41) is 0. The monoisotopic (exact) mass is 233 g/mol. The van der Waals surface area contributed by atoms with Crippen LogP contribution < -0.4 is 5.73 Å². The summed E-state index contributed by atoms with van der Waals surface area (Å²) >= 11 is 1.79. The molecule has 0 aliphatic rings. The zero-order valence-electron chi connectivity index (χ0n) is 9.23. The van der Waals surface area contributed by atoms with Crippen LogP contribution in [0.1, 0.15) is 17.1 Å². The van der Waals surface area contributed by atoms with Crippen molar-refractivity contribution in [2.45, 2.75) is 24.1 Å². The smallest absolute Gasteiger partial charge is 0.116 e. The molecule has 0 amide bonds. The van der Waals surface area contributed by atoms with E-state index in [0.29, 0.717) is 6.54 Å². The average molecular weight is 233 g/mol. The molecule has 3 N–H and O–H groups in total. The van der Waals surface area contributed by atoms with Gasteiger partial charge in [0.25, 0.3) is 0 Å². The number of imidazole rings is 1. The number of H-pyrrole nitrogens is 1. The van der Waals surface area contributed by atoms with Gasteiger partial charge < -0.3 is 10.7 Å². The van der Waals surface area contributed by atoms with Crippen LogP contribution in [0.25, 0.3) is 0 Å². The molecular weight excluding hydrogens is 218 g/mol. The fraction of sp³-hybridized carbons (Fsp3) is 0.250. The molecular formula is C12H15N3S. The molecule has 0 atom stereocenters. The quantitative estimate of drug-likeness (QED) is 0.798. The van der Waals surface area contributed by atoms with Crippen molar-refractivity contribution in [3.63, 3.8) is 0 Å². The van der Waals surface area contributed by atoms with Crippen LogP contribution in [-0.4, -0.2) is 9.97 Å². The summed E-state index contributed by atoms with van der Waals surface area (Å²) < 4.78 is 0. The molecule has 1 heterocycles. The van der Waals surface area contributed by atoms with Crippen molar-refractivity contribution in [1.29, 1.82) is 0 Å². The van der Waals surface area contributed by atoms with Gasteiger partial charge in [0.05, 0.1) is 5.75 Å². The molecule has 0 fully saturated rings. The topological polar surface area (TPSA) is 54.7 Å². The third-order valence-electron chi connectivity index (χ3n) is 2.36. The summed E-state index contributed by atoms with van der Waals surface area (Å²) in [6.07, 6.45) is 1.80. The Morgan fingerprint density at radius 1 is 1.38 bits per heavy atom. The predicted octanol–water partition coefficient (Wildman–Crippen LogP) is 2.47. The van der Waals surface area contributed by atoms with Crippen LogP contribution in [-0.2, 0) is 12.3 Å². The number of benzene rings is 1. The first kappa shape index (κ1) is 11.2. The maximum Gasteiger partial charge on any atom is 0.116 e. The SMILES string of the molecule is Cc1ccccc1SCc1ncc(CN)[nH]1. The van der Waals surface area contributed by atoms with Crippen molar-refractivity contribution in [2.75, 3.05) is 0 Å². The number of thioether (sulfide) groups is 1. The summed E-state index contributed by atoms with van der Waals surface area (Å²) in [6.45, 7) is 2.64. The Hall–Kier alpha value is -1.26. The van der Waals surface area contributed by atoms with E-state index in [1.165, 1.54) is 10.5 Å². The maximum atomic E-state index is 5.52. The molecule has 1 aromatic carbocycles. The fourth-order valence-electron chi connectivity index (χ4n) is 1.45. The molecule has 1 aromatic heterocycles. The van der Waals surface area contributed by atoms with Gasteiger partial charge in [-0.2, -0.15) is 0 Å². The van der Waals surface area contributed by atoms with Gasteiger partial charge in [0.2, 0.25) is 0 Å². The predicted molar refractivity (Wildman–Crippen MR) is 67.2 cm³/mol. The van der Waals surface area contributed by atoms with E-state index >= 15 is 0 Å². The van der Waals surface area contributed by atoms with E-state index in [0.717, 1.165) is 17.3 Å². The average Bonchev–Trinajstić information content (AvgIpc) is 2.76. The summed E-state index contributed by atoms with van der Waals surface area (Å²) in [4.78, 5) is 8.77. The highest BCUT2D eigenvalue weighted by Crippen LogP contribution is 2.24. The Morgan fingerprint density at radius 2 is 2.19 bits per heavy atom. The van der Waals surface area contributed by atoms with Crippen LogP contribution in [0.15, 0.2) is 35.4 Å². The van der Waals surface area contributed by atoms with Gasteiger partial charge in [0, 0.05) is 23.3 Å². The lowest BCUT2D eigenvalue weighted by Gasteiger charge is -2.03. The number of rotatable bonds is 4. The van der Waals surface area contributed by atoms with Crippen LogP contribution in [0.5, 0.6) is 0 Å². The largest absolute Gasteiger partial charge is 0.344 e. The lowest BCUT2D eigenvalue weighted by molar-refractivity contribution is 0.993. The van der Waals surface area contributed by atoms with E-state index in [1.54, 1.807) is 18.0 Å². The third-order valence-corrected chi connectivity index (χ3v) is 3.55. The minimum absolute atomic E-state index is 0.516. The number of hydrogen-bond acceptors (Lipinski definition) is 3. The second-order valence-electron chi connectivity index (χ2n) is 3.61. The second kappa shape index (κ2) is 5.18. The first-order valence-corrected chi connectivity index (χ1v) is 6.19. The molecule has 0 saturated heterocycles. The number of aromatic amines is 1. The highest BCUT2D eigenvalue weighted by atomic mass is 32.2. The van der Waals surface area contributed by atoms with Crippen molar-refractivity contribution >= 4 is 11.8 Å². The van der Waals surface area contributed by atoms with Gasteiger partial charge in [-0.1, -0.05) is 18.2 Å². The molecule has 3 nitrogen and oxygen atoms in total. The number of aryl methyl sites for hydroxylation is 1. The molecule has 0 bridgehead atoms. The molecule has 0 saturated carbocycles. The molecule has 2 aromatic rings. The molecule has 0 unspecified atom stereocenters. The standard InChI is InChI=1S/C12H15N3S/c1-9-4-2-3-5-11(9)16-8-12-14-7-10(6-13)15-12/h2-5,7H,6,8,13H2,1H3,(H,14,15). The van der Waals surface area contributed by atoms with E-state index in [9.17, 15) is 0 Å².